The molecule has 3 heterocycles. The number of nitrogens with zero attached hydrogens (tertiary/aromatic N) is 4. The van der Waals surface area contributed by atoms with Crippen molar-refractivity contribution >= 4 is 22.8 Å². The van der Waals surface area contributed by atoms with Crippen LogP contribution in [0.3, 0.4) is 0 Å². The minimum atomic E-state index is -0.320. The number of benzene rings is 1. The summed E-state index contributed by atoms with van der Waals surface area (Å²) in [4.78, 5) is 23.7. The molecule has 2 aromatic heterocycles. The number of imidazole rings is 1. The van der Waals surface area contributed by atoms with Gasteiger partial charge >= 0.3 is 0 Å². The number of rotatable bonds is 5. The lowest BCUT2D eigenvalue weighted by molar-refractivity contribution is -0.123. The molecule has 1 aliphatic rings. The number of fused-ring (bicyclic) bond motifs is 1. The van der Waals surface area contributed by atoms with Crippen molar-refractivity contribution in [2.75, 3.05) is 18.0 Å². The molecule has 1 aliphatic heterocycles. The predicted octanol–water partition coefficient (Wildman–Crippen LogP) is 2.91. The monoisotopic (exact) mass is 349 g/mol. The lowest BCUT2D eigenvalue weighted by Crippen LogP contribution is -2.30. The second-order valence-electron chi connectivity index (χ2n) is 6.75. The molecule has 26 heavy (non-hydrogen) atoms. The average molecular weight is 349 g/mol. The summed E-state index contributed by atoms with van der Waals surface area (Å²) >= 11 is 0. The summed E-state index contributed by atoms with van der Waals surface area (Å²) in [6.45, 7) is 4.53. The first kappa shape index (κ1) is 16.6. The third-order valence-electron chi connectivity index (χ3n) is 4.98. The van der Waals surface area contributed by atoms with Crippen LogP contribution in [0, 0.1) is 0 Å². The number of pyridine rings is 1. The Kier molecular flexibility index (Phi) is 4.56. The van der Waals surface area contributed by atoms with E-state index >= 15 is 0 Å². The van der Waals surface area contributed by atoms with Crippen molar-refractivity contribution in [3.8, 4) is 0 Å². The molecule has 1 N–H and O–H groups in total. The van der Waals surface area contributed by atoms with Crippen LogP contribution in [0.4, 0.5) is 5.82 Å². The van der Waals surface area contributed by atoms with Crippen molar-refractivity contribution in [2.24, 2.45) is 0 Å². The second-order valence-corrected chi connectivity index (χ2v) is 6.75. The van der Waals surface area contributed by atoms with Gasteiger partial charge in [0.05, 0.1) is 17.4 Å². The third-order valence-corrected chi connectivity index (χ3v) is 4.98. The van der Waals surface area contributed by atoms with Gasteiger partial charge in [-0.2, -0.15) is 0 Å². The van der Waals surface area contributed by atoms with Crippen LogP contribution in [-0.2, 0) is 11.3 Å². The van der Waals surface area contributed by atoms with Crippen LogP contribution in [0.25, 0.3) is 11.0 Å². The van der Waals surface area contributed by atoms with E-state index in [1.165, 1.54) is 12.8 Å². The Morgan fingerprint density at radius 2 is 1.96 bits per heavy atom. The van der Waals surface area contributed by atoms with Gasteiger partial charge in [-0.3, -0.25) is 4.79 Å². The minimum absolute atomic E-state index is 0.0308. The first-order valence-corrected chi connectivity index (χ1v) is 9.11. The third kappa shape index (κ3) is 3.27. The maximum Gasteiger partial charge on any atom is 0.243 e. The van der Waals surface area contributed by atoms with E-state index in [9.17, 15) is 4.79 Å². The molecule has 0 aliphatic carbocycles. The number of para-hydroxylation sites is 2. The summed E-state index contributed by atoms with van der Waals surface area (Å²) in [5, 5.41) is 3.00. The Hall–Kier alpha value is -2.89. The maximum atomic E-state index is 12.5. The van der Waals surface area contributed by atoms with Gasteiger partial charge in [0.2, 0.25) is 5.91 Å². The standard InChI is InChI=1S/C20H23N5O/c1-15(25-14-23-17-6-2-3-7-18(17)25)20(26)22-13-16-8-9-19(21-12-16)24-10-4-5-11-24/h2-3,6-9,12,14-15H,4-5,10-11,13H2,1H3,(H,22,26). The summed E-state index contributed by atoms with van der Waals surface area (Å²) < 4.78 is 1.90. The number of amides is 1. The van der Waals surface area contributed by atoms with Gasteiger partial charge in [0.1, 0.15) is 11.9 Å². The summed E-state index contributed by atoms with van der Waals surface area (Å²) in [6, 6.07) is 11.6. The zero-order valence-electron chi connectivity index (χ0n) is 14.9. The second kappa shape index (κ2) is 7.15. The van der Waals surface area contributed by atoms with Gasteiger partial charge in [-0.25, -0.2) is 9.97 Å². The zero-order chi connectivity index (χ0) is 17.9. The smallest absolute Gasteiger partial charge is 0.243 e. The molecule has 6 heteroatoms. The lowest BCUT2D eigenvalue weighted by atomic mass is 10.2. The summed E-state index contributed by atoms with van der Waals surface area (Å²) in [7, 11) is 0. The lowest BCUT2D eigenvalue weighted by Gasteiger charge is -2.17. The highest BCUT2D eigenvalue weighted by Crippen LogP contribution is 2.19. The molecule has 6 nitrogen and oxygen atoms in total. The number of carbonyl (C=O) groups excluding carboxylic acids is 1. The van der Waals surface area contributed by atoms with Gasteiger partial charge in [-0.15, -0.1) is 0 Å². The van der Waals surface area contributed by atoms with Crippen LogP contribution in [0.1, 0.15) is 31.4 Å². The Morgan fingerprint density at radius 3 is 2.73 bits per heavy atom. The Morgan fingerprint density at radius 1 is 1.15 bits per heavy atom. The topological polar surface area (TPSA) is 63.1 Å². The number of hydrogen-bond acceptors (Lipinski definition) is 4. The summed E-state index contributed by atoms with van der Waals surface area (Å²) in [5.41, 5.74) is 2.87. The molecule has 134 valence electrons. The fourth-order valence-electron chi connectivity index (χ4n) is 3.40. The van der Waals surface area contributed by atoms with Crippen LogP contribution in [0.5, 0.6) is 0 Å². The van der Waals surface area contributed by atoms with Crippen molar-refractivity contribution in [1.82, 2.24) is 19.9 Å². The van der Waals surface area contributed by atoms with Gasteiger partial charge in [-0.05, 0) is 43.5 Å². The van der Waals surface area contributed by atoms with Crippen LogP contribution in [0.2, 0.25) is 0 Å². The van der Waals surface area contributed by atoms with E-state index in [0.29, 0.717) is 6.54 Å². The molecule has 0 spiro atoms. The number of nitrogens with one attached hydrogen (secondary N) is 1. The quantitative estimate of drug-likeness (QED) is 0.769. The van der Waals surface area contributed by atoms with Gasteiger partial charge in [0.15, 0.2) is 0 Å². The molecule has 1 saturated heterocycles. The van der Waals surface area contributed by atoms with E-state index in [1.54, 1.807) is 6.33 Å². The van der Waals surface area contributed by atoms with Crippen LogP contribution in [0.15, 0.2) is 48.9 Å². The van der Waals surface area contributed by atoms with E-state index in [1.807, 2.05) is 54.1 Å². The van der Waals surface area contributed by atoms with E-state index in [4.69, 9.17) is 0 Å². The van der Waals surface area contributed by atoms with E-state index < -0.39 is 0 Å². The molecule has 0 bridgehead atoms. The Bertz CT molecular complexity index is 896. The van der Waals surface area contributed by atoms with Crippen molar-refractivity contribution < 1.29 is 4.79 Å². The molecule has 0 saturated carbocycles. The van der Waals surface area contributed by atoms with Gasteiger partial charge in [-0.1, -0.05) is 18.2 Å². The molecule has 1 amide bonds. The number of hydrogen-bond donors (Lipinski definition) is 1. The van der Waals surface area contributed by atoms with Crippen molar-refractivity contribution in [2.45, 2.75) is 32.4 Å². The SMILES string of the molecule is CC(C(=O)NCc1ccc(N2CCCC2)nc1)n1cnc2ccccc21. The molecular formula is C20H23N5O. The zero-order valence-corrected chi connectivity index (χ0v) is 14.9. The first-order valence-electron chi connectivity index (χ1n) is 9.11. The molecule has 4 rings (SSSR count). The molecule has 0 radical (unpaired) electrons. The van der Waals surface area contributed by atoms with E-state index in [0.717, 1.165) is 35.5 Å². The highest BCUT2D eigenvalue weighted by Gasteiger charge is 2.17. The Balaban J connectivity index is 1.38. The van der Waals surface area contributed by atoms with Crippen molar-refractivity contribution in [3.05, 3.63) is 54.5 Å². The number of anilines is 1. The average Bonchev–Trinajstić information content (AvgIpc) is 3.36. The van der Waals surface area contributed by atoms with Crippen LogP contribution >= 0.6 is 0 Å². The molecular weight excluding hydrogens is 326 g/mol. The van der Waals surface area contributed by atoms with Crippen molar-refractivity contribution in [1.29, 1.82) is 0 Å². The molecule has 3 aromatic rings. The van der Waals surface area contributed by atoms with Crippen LogP contribution < -0.4 is 10.2 Å². The highest BCUT2D eigenvalue weighted by atomic mass is 16.2. The summed E-state index contributed by atoms with van der Waals surface area (Å²) in [5.74, 6) is 0.993. The van der Waals surface area contributed by atoms with Crippen molar-refractivity contribution in [3.63, 3.8) is 0 Å². The van der Waals surface area contributed by atoms with E-state index in [2.05, 4.69) is 20.2 Å². The fraction of sp³-hybridized carbons (Fsp3) is 0.350. The number of aromatic nitrogens is 3. The molecule has 1 fully saturated rings. The van der Waals surface area contributed by atoms with E-state index in [-0.39, 0.29) is 11.9 Å². The predicted molar refractivity (Wildman–Crippen MR) is 102 cm³/mol. The molecule has 1 unspecified atom stereocenters. The molecule has 1 aromatic carbocycles. The normalized spacial score (nSPS) is 15.3. The fourth-order valence-corrected chi connectivity index (χ4v) is 3.40. The number of carbonyl (C=O) groups is 1. The van der Waals surface area contributed by atoms with Gasteiger partial charge in [0, 0.05) is 25.8 Å². The van der Waals surface area contributed by atoms with Crippen LogP contribution in [-0.4, -0.2) is 33.5 Å². The largest absolute Gasteiger partial charge is 0.357 e. The maximum absolute atomic E-state index is 12.5. The minimum Gasteiger partial charge on any atom is -0.357 e. The first-order chi connectivity index (χ1) is 12.7. The van der Waals surface area contributed by atoms with Gasteiger partial charge < -0.3 is 14.8 Å². The highest BCUT2D eigenvalue weighted by molar-refractivity contribution is 5.83. The Labute approximate surface area is 152 Å². The van der Waals surface area contributed by atoms with Gasteiger partial charge in [0.25, 0.3) is 0 Å². The summed E-state index contributed by atoms with van der Waals surface area (Å²) in [6.07, 6.45) is 6.05. The molecule has 1 atom stereocenters.